The number of carbonyl (C=O) groups is 1. The van der Waals surface area contributed by atoms with Crippen molar-refractivity contribution in [1.29, 1.82) is 0 Å². The van der Waals surface area contributed by atoms with Gasteiger partial charge in [0, 0.05) is 12.2 Å². The molecule has 1 aromatic carbocycles. The summed E-state index contributed by atoms with van der Waals surface area (Å²) >= 11 is 0. The number of carbonyl (C=O) groups excluding carboxylic acids is 1. The lowest BCUT2D eigenvalue weighted by Gasteiger charge is -2.32. The molecule has 25 heavy (non-hydrogen) atoms. The molecule has 1 saturated heterocycles. The molecule has 0 spiro atoms. The SMILES string of the molecule is CS(=O)(=O)N1CCCCC1C(=O)Nc1ccc(OCC(F)(F)F)cc1. The smallest absolute Gasteiger partial charge is 0.422 e. The summed E-state index contributed by atoms with van der Waals surface area (Å²) in [6.45, 7) is -1.11. The zero-order valence-electron chi connectivity index (χ0n) is 13.5. The maximum absolute atomic E-state index is 12.4. The lowest BCUT2D eigenvalue weighted by Crippen LogP contribution is -2.49. The molecule has 0 saturated carbocycles. The van der Waals surface area contributed by atoms with Gasteiger partial charge in [-0.2, -0.15) is 17.5 Å². The van der Waals surface area contributed by atoms with Gasteiger partial charge in [0.15, 0.2) is 6.61 Å². The first kappa shape index (κ1) is 19.5. The standard InChI is InChI=1S/C15H19F3N2O4S/c1-25(22,23)20-9-3-2-4-13(20)14(21)19-11-5-7-12(8-6-11)24-10-15(16,17)18/h5-8,13H,2-4,9-10H2,1H3,(H,19,21). The van der Waals surface area contributed by atoms with Crippen LogP contribution in [0.5, 0.6) is 5.75 Å². The number of alkyl halides is 3. The van der Waals surface area contributed by atoms with Crippen LogP contribution in [0.4, 0.5) is 18.9 Å². The van der Waals surface area contributed by atoms with Crippen molar-refractivity contribution >= 4 is 21.6 Å². The summed E-state index contributed by atoms with van der Waals surface area (Å²) in [4.78, 5) is 12.4. The van der Waals surface area contributed by atoms with E-state index in [1.165, 1.54) is 28.6 Å². The highest BCUT2D eigenvalue weighted by Crippen LogP contribution is 2.23. The van der Waals surface area contributed by atoms with Gasteiger partial charge in [0.1, 0.15) is 11.8 Å². The van der Waals surface area contributed by atoms with Crippen molar-refractivity contribution in [1.82, 2.24) is 4.31 Å². The minimum Gasteiger partial charge on any atom is -0.484 e. The Labute approximate surface area is 144 Å². The average molecular weight is 380 g/mol. The number of benzene rings is 1. The molecule has 1 aromatic rings. The minimum atomic E-state index is -4.43. The van der Waals surface area contributed by atoms with Crippen LogP contribution in [0.1, 0.15) is 19.3 Å². The highest BCUT2D eigenvalue weighted by atomic mass is 32.2. The third-order valence-corrected chi connectivity index (χ3v) is 5.00. The fourth-order valence-electron chi connectivity index (χ4n) is 2.59. The van der Waals surface area contributed by atoms with Crippen LogP contribution in [-0.4, -0.2) is 50.3 Å². The molecule has 140 valence electrons. The molecule has 0 bridgehead atoms. The number of nitrogens with one attached hydrogen (secondary N) is 1. The second kappa shape index (κ2) is 7.61. The summed E-state index contributed by atoms with van der Waals surface area (Å²) < 4.78 is 65.6. The van der Waals surface area contributed by atoms with E-state index in [2.05, 4.69) is 10.1 Å². The zero-order valence-corrected chi connectivity index (χ0v) is 14.4. The Morgan fingerprint density at radius 3 is 2.48 bits per heavy atom. The fourth-order valence-corrected chi connectivity index (χ4v) is 3.71. The fraction of sp³-hybridized carbons (Fsp3) is 0.533. The molecule has 1 atom stereocenters. The van der Waals surface area contributed by atoms with Gasteiger partial charge in [-0.25, -0.2) is 8.42 Å². The molecular weight excluding hydrogens is 361 g/mol. The van der Waals surface area contributed by atoms with E-state index in [4.69, 9.17) is 0 Å². The Balaban J connectivity index is 2.00. The van der Waals surface area contributed by atoms with E-state index in [1.54, 1.807) is 0 Å². The van der Waals surface area contributed by atoms with Crippen molar-refractivity contribution in [2.24, 2.45) is 0 Å². The maximum Gasteiger partial charge on any atom is 0.422 e. The quantitative estimate of drug-likeness (QED) is 0.851. The van der Waals surface area contributed by atoms with Crippen molar-refractivity contribution < 1.29 is 31.1 Å². The third-order valence-electron chi connectivity index (χ3n) is 3.71. The lowest BCUT2D eigenvalue weighted by molar-refractivity contribution is -0.153. The molecule has 1 fully saturated rings. The van der Waals surface area contributed by atoms with Gasteiger partial charge in [-0.15, -0.1) is 0 Å². The van der Waals surface area contributed by atoms with Crippen LogP contribution in [0.2, 0.25) is 0 Å². The molecule has 0 radical (unpaired) electrons. The Bertz CT molecular complexity index is 704. The number of halogens is 3. The molecule has 1 heterocycles. The highest BCUT2D eigenvalue weighted by Gasteiger charge is 2.34. The van der Waals surface area contributed by atoms with Crippen molar-refractivity contribution in [3.63, 3.8) is 0 Å². The van der Waals surface area contributed by atoms with E-state index in [1.807, 2.05) is 0 Å². The van der Waals surface area contributed by atoms with Crippen molar-refractivity contribution in [2.45, 2.75) is 31.5 Å². The number of hydrogen-bond acceptors (Lipinski definition) is 4. The van der Waals surface area contributed by atoms with E-state index in [0.29, 0.717) is 25.1 Å². The van der Waals surface area contributed by atoms with Crippen molar-refractivity contribution in [2.75, 3.05) is 24.7 Å². The molecule has 10 heteroatoms. The van der Waals surface area contributed by atoms with Crippen molar-refractivity contribution in [3.8, 4) is 5.75 Å². The molecular formula is C15H19F3N2O4S. The van der Waals surface area contributed by atoms with Crippen LogP contribution >= 0.6 is 0 Å². The number of ether oxygens (including phenoxy) is 1. The van der Waals surface area contributed by atoms with E-state index in [9.17, 15) is 26.4 Å². The van der Waals surface area contributed by atoms with Gasteiger partial charge in [-0.1, -0.05) is 6.42 Å². The van der Waals surface area contributed by atoms with Crippen LogP contribution in [-0.2, 0) is 14.8 Å². The number of amides is 1. The van der Waals surface area contributed by atoms with E-state index < -0.39 is 34.8 Å². The first-order chi connectivity index (χ1) is 11.6. The summed E-state index contributed by atoms with van der Waals surface area (Å²) in [5.41, 5.74) is 0.350. The van der Waals surface area contributed by atoms with E-state index >= 15 is 0 Å². The van der Waals surface area contributed by atoms with Crippen LogP contribution in [0.3, 0.4) is 0 Å². The Morgan fingerprint density at radius 2 is 1.92 bits per heavy atom. The van der Waals surface area contributed by atoms with Gasteiger partial charge >= 0.3 is 6.18 Å². The number of sulfonamides is 1. The van der Waals surface area contributed by atoms with Gasteiger partial charge in [0.2, 0.25) is 15.9 Å². The number of piperidine rings is 1. The van der Waals surface area contributed by atoms with Gasteiger partial charge in [-0.05, 0) is 37.1 Å². The molecule has 1 N–H and O–H groups in total. The molecule has 6 nitrogen and oxygen atoms in total. The number of rotatable bonds is 5. The number of hydrogen-bond donors (Lipinski definition) is 1. The lowest BCUT2D eigenvalue weighted by atomic mass is 10.0. The summed E-state index contributed by atoms with van der Waals surface area (Å²) in [7, 11) is -3.49. The highest BCUT2D eigenvalue weighted by molar-refractivity contribution is 7.88. The first-order valence-corrected chi connectivity index (χ1v) is 9.48. The second-order valence-electron chi connectivity index (χ2n) is 5.80. The van der Waals surface area contributed by atoms with Crippen LogP contribution in [0.25, 0.3) is 0 Å². The number of nitrogens with zero attached hydrogens (tertiary/aromatic N) is 1. The molecule has 1 unspecified atom stereocenters. The van der Waals surface area contributed by atoms with Crippen LogP contribution in [0.15, 0.2) is 24.3 Å². The largest absolute Gasteiger partial charge is 0.484 e. The van der Waals surface area contributed by atoms with E-state index in [0.717, 1.165) is 12.7 Å². The molecule has 1 aliphatic rings. The van der Waals surface area contributed by atoms with Crippen LogP contribution in [0, 0.1) is 0 Å². The first-order valence-electron chi connectivity index (χ1n) is 7.63. The monoisotopic (exact) mass is 380 g/mol. The van der Waals surface area contributed by atoms with Crippen molar-refractivity contribution in [3.05, 3.63) is 24.3 Å². The summed E-state index contributed by atoms with van der Waals surface area (Å²) in [5, 5.41) is 2.59. The Kier molecular flexibility index (Phi) is 5.94. The van der Waals surface area contributed by atoms with Gasteiger partial charge in [0.05, 0.1) is 6.26 Å². The predicted octanol–water partition coefficient (Wildman–Crippen LogP) is 2.38. The van der Waals surface area contributed by atoms with Crippen LogP contribution < -0.4 is 10.1 Å². The normalized spacial score (nSPS) is 19.4. The van der Waals surface area contributed by atoms with Gasteiger partial charge in [-0.3, -0.25) is 4.79 Å². The minimum absolute atomic E-state index is 0.0192. The Morgan fingerprint density at radius 1 is 1.28 bits per heavy atom. The number of anilines is 1. The third kappa shape index (κ3) is 5.89. The molecule has 1 aliphatic heterocycles. The molecule has 1 amide bonds. The summed E-state index contributed by atoms with van der Waals surface area (Å²) in [5.74, 6) is -0.445. The predicted molar refractivity (Wildman–Crippen MR) is 85.8 cm³/mol. The topological polar surface area (TPSA) is 75.7 Å². The summed E-state index contributed by atoms with van der Waals surface area (Å²) in [6, 6.07) is 4.62. The summed E-state index contributed by atoms with van der Waals surface area (Å²) in [6.07, 6.45) is -1.50. The Hall–Kier alpha value is -1.81. The second-order valence-corrected chi connectivity index (χ2v) is 7.74. The van der Waals surface area contributed by atoms with Gasteiger partial charge < -0.3 is 10.1 Å². The maximum atomic E-state index is 12.4. The molecule has 2 rings (SSSR count). The van der Waals surface area contributed by atoms with E-state index in [-0.39, 0.29) is 5.75 Å². The molecule has 0 aliphatic carbocycles. The average Bonchev–Trinajstić information content (AvgIpc) is 2.52. The zero-order chi connectivity index (χ0) is 18.7. The van der Waals surface area contributed by atoms with Gasteiger partial charge in [0.25, 0.3) is 0 Å². The molecule has 0 aromatic heterocycles.